The van der Waals surface area contributed by atoms with E-state index in [1.807, 2.05) is 11.3 Å². The normalized spacial score (nSPS) is 17.3. The first-order valence-electron chi connectivity index (χ1n) is 5.71. The van der Waals surface area contributed by atoms with Gasteiger partial charge in [-0.25, -0.2) is 0 Å². The molecule has 0 atom stereocenters. The summed E-state index contributed by atoms with van der Waals surface area (Å²) >= 11 is 5.45. The van der Waals surface area contributed by atoms with Gasteiger partial charge in [-0.05, 0) is 55.6 Å². The highest BCUT2D eigenvalue weighted by Crippen LogP contribution is 2.29. The van der Waals surface area contributed by atoms with Gasteiger partial charge in [0.25, 0.3) is 0 Å². The van der Waals surface area contributed by atoms with Gasteiger partial charge in [-0.2, -0.15) is 0 Å². The van der Waals surface area contributed by atoms with Gasteiger partial charge in [0.05, 0.1) is 0 Å². The molecule has 3 rings (SSSR count). The van der Waals surface area contributed by atoms with Gasteiger partial charge in [-0.3, -0.25) is 4.90 Å². The molecular formula is C13H14BrNS. The van der Waals surface area contributed by atoms with Crippen molar-refractivity contribution in [2.45, 2.75) is 19.4 Å². The van der Waals surface area contributed by atoms with E-state index in [-0.39, 0.29) is 0 Å². The molecule has 1 saturated heterocycles. The Balaban J connectivity index is 1.86. The molecule has 2 aromatic rings. The van der Waals surface area contributed by atoms with E-state index in [2.05, 4.69) is 45.1 Å². The summed E-state index contributed by atoms with van der Waals surface area (Å²) in [6, 6.07) is 8.87. The van der Waals surface area contributed by atoms with Crippen LogP contribution in [0.4, 0.5) is 0 Å². The molecule has 0 unspecified atom stereocenters. The lowest BCUT2D eigenvalue weighted by atomic mass is 10.2. The van der Waals surface area contributed by atoms with Crippen LogP contribution in [0.2, 0.25) is 0 Å². The summed E-state index contributed by atoms with van der Waals surface area (Å²) in [5, 5.41) is 1.37. The third-order valence-corrected chi connectivity index (χ3v) is 4.70. The molecule has 1 aromatic heterocycles. The van der Waals surface area contributed by atoms with Crippen LogP contribution >= 0.6 is 27.3 Å². The van der Waals surface area contributed by atoms with E-state index in [4.69, 9.17) is 0 Å². The minimum atomic E-state index is 1.14. The number of hydrogen-bond acceptors (Lipinski definition) is 2. The van der Waals surface area contributed by atoms with Crippen molar-refractivity contribution in [3.63, 3.8) is 0 Å². The number of halogens is 1. The Morgan fingerprint density at radius 1 is 1.19 bits per heavy atom. The maximum Gasteiger partial charge on any atom is 0.0346 e. The minimum absolute atomic E-state index is 1.14. The highest BCUT2D eigenvalue weighted by molar-refractivity contribution is 9.10. The number of hydrogen-bond donors (Lipinski definition) is 0. The van der Waals surface area contributed by atoms with E-state index in [1.54, 1.807) is 0 Å². The third-order valence-electron chi connectivity index (χ3n) is 3.11. The number of thiophene rings is 1. The van der Waals surface area contributed by atoms with Gasteiger partial charge in [0, 0.05) is 20.6 Å². The fraction of sp³-hybridized carbons (Fsp3) is 0.385. The Morgan fingerprint density at radius 3 is 2.81 bits per heavy atom. The number of nitrogens with zero attached hydrogens (tertiary/aromatic N) is 1. The standard InChI is InChI=1S/C13H14BrNS/c14-11-3-4-13-10(7-11)8-12(16-13)9-15-5-1-2-6-15/h3-4,7-8H,1-2,5-6,9H2. The van der Waals surface area contributed by atoms with Crippen LogP contribution in [0, 0.1) is 0 Å². The average molecular weight is 296 g/mol. The van der Waals surface area contributed by atoms with Gasteiger partial charge in [0.1, 0.15) is 0 Å². The Labute approximate surface area is 108 Å². The molecule has 1 aliphatic heterocycles. The Kier molecular flexibility index (Phi) is 3.01. The fourth-order valence-electron chi connectivity index (χ4n) is 2.31. The molecule has 0 aliphatic carbocycles. The summed E-state index contributed by atoms with van der Waals surface area (Å²) in [5.41, 5.74) is 0. The van der Waals surface area contributed by atoms with Crippen LogP contribution < -0.4 is 0 Å². The zero-order valence-electron chi connectivity index (χ0n) is 9.08. The molecule has 1 fully saturated rings. The Hall–Kier alpha value is -0.380. The zero-order chi connectivity index (χ0) is 11.0. The Bertz CT molecular complexity index is 500. The number of rotatable bonds is 2. The molecule has 3 heteroatoms. The topological polar surface area (TPSA) is 3.24 Å². The van der Waals surface area contributed by atoms with E-state index in [1.165, 1.54) is 45.4 Å². The largest absolute Gasteiger partial charge is 0.298 e. The lowest BCUT2D eigenvalue weighted by Gasteiger charge is -2.12. The first-order valence-corrected chi connectivity index (χ1v) is 7.32. The van der Waals surface area contributed by atoms with Crippen LogP contribution in [-0.2, 0) is 6.54 Å². The van der Waals surface area contributed by atoms with Gasteiger partial charge in [0.15, 0.2) is 0 Å². The third kappa shape index (κ3) is 2.17. The van der Waals surface area contributed by atoms with Crippen LogP contribution in [-0.4, -0.2) is 18.0 Å². The highest BCUT2D eigenvalue weighted by atomic mass is 79.9. The first kappa shape index (κ1) is 10.8. The van der Waals surface area contributed by atoms with Crippen molar-refractivity contribution in [3.8, 4) is 0 Å². The molecule has 1 aromatic carbocycles. The molecule has 1 nitrogen and oxygen atoms in total. The summed E-state index contributed by atoms with van der Waals surface area (Å²) < 4.78 is 2.57. The summed E-state index contributed by atoms with van der Waals surface area (Å²) in [7, 11) is 0. The summed E-state index contributed by atoms with van der Waals surface area (Å²) in [6.07, 6.45) is 2.74. The van der Waals surface area contributed by atoms with Gasteiger partial charge in [-0.1, -0.05) is 15.9 Å². The van der Waals surface area contributed by atoms with Gasteiger partial charge >= 0.3 is 0 Å². The highest BCUT2D eigenvalue weighted by Gasteiger charge is 2.13. The maximum atomic E-state index is 3.52. The first-order chi connectivity index (χ1) is 7.81. The van der Waals surface area contributed by atoms with Crippen molar-refractivity contribution >= 4 is 37.4 Å². The van der Waals surface area contributed by atoms with Crippen LogP contribution in [0.5, 0.6) is 0 Å². The zero-order valence-corrected chi connectivity index (χ0v) is 11.5. The predicted molar refractivity (Wildman–Crippen MR) is 74.0 cm³/mol. The fourth-order valence-corrected chi connectivity index (χ4v) is 3.77. The van der Waals surface area contributed by atoms with Crippen molar-refractivity contribution < 1.29 is 0 Å². The van der Waals surface area contributed by atoms with Crippen molar-refractivity contribution in [2.24, 2.45) is 0 Å². The predicted octanol–water partition coefficient (Wildman–Crippen LogP) is 4.26. The second-order valence-electron chi connectivity index (χ2n) is 4.38. The second kappa shape index (κ2) is 4.47. The molecule has 0 bridgehead atoms. The van der Waals surface area contributed by atoms with Gasteiger partial charge in [-0.15, -0.1) is 11.3 Å². The van der Waals surface area contributed by atoms with Crippen LogP contribution in [0.1, 0.15) is 17.7 Å². The lowest BCUT2D eigenvalue weighted by Crippen LogP contribution is -2.17. The number of fused-ring (bicyclic) bond motifs is 1. The number of likely N-dealkylation sites (tertiary alicyclic amines) is 1. The van der Waals surface area contributed by atoms with Crippen molar-refractivity contribution in [2.75, 3.05) is 13.1 Å². The van der Waals surface area contributed by atoms with E-state index in [9.17, 15) is 0 Å². The molecule has 16 heavy (non-hydrogen) atoms. The molecule has 0 radical (unpaired) electrons. The average Bonchev–Trinajstić information content (AvgIpc) is 2.86. The van der Waals surface area contributed by atoms with Crippen LogP contribution in [0.15, 0.2) is 28.7 Å². The monoisotopic (exact) mass is 295 g/mol. The molecule has 0 saturated carbocycles. The molecule has 0 spiro atoms. The molecule has 2 heterocycles. The van der Waals surface area contributed by atoms with Crippen molar-refractivity contribution in [1.29, 1.82) is 0 Å². The molecule has 0 N–H and O–H groups in total. The van der Waals surface area contributed by atoms with Crippen LogP contribution in [0.3, 0.4) is 0 Å². The van der Waals surface area contributed by atoms with Gasteiger partial charge < -0.3 is 0 Å². The van der Waals surface area contributed by atoms with E-state index < -0.39 is 0 Å². The van der Waals surface area contributed by atoms with Crippen molar-refractivity contribution in [1.82, 2.24) is 4.90 Å². The lowest BCUT2D eigenvalue weighted by molar-refractivity contribution is 0.334. The summed E-state index contributed by atoms with van der Waals surface area (Å²) in [5.74, 6) is 0. The Morgan fingerprint density at radius 2 is 2.00 bits per heavy atom. The molecule has 0 amide bonds. The molecule has 84 valence electrons. The maximum absolute atomic E-state index is 3.52. The quantitative estimate of drug-likeness (QED) is 0.800. The number of benzene rings is 1. The second-order valence-corrected chi connectivity index (χ2v) is 6.46. The van der Waals surface area contributed by atoms with E-state index in [0.717, 1.165) is 6.54 Å². The molecular weight excluding hydrogens is 282 g/mol. The summed E-state index contributed by atoms with van der Waals surface area (Å²) in [6.45, 7) is 3.69. The van der Waals surface area contributed by atoms with E-state index >= 15 is 0 Å². The van der Waals surface area contributed by atoms with Gasteiger partial charge in [0.2, 0.25) is 0 Å². The minimum Gasteiger partial charge on any atom is -0.298 e. The smallest absolute Gasteiger partial charge is 0.0346 e. The summed E-state index contributed by atoms with van der Waals surface area (Å²) in [4.78, 5) is 4.05. The van der Waals surface area contributed by atoms with Crippen LogP contribution in [0.25, 0.3) is 10.1 Å². The SMILES string of the molecule is Brc1ccc2sc(CN3CCCC3)cc2c1. The van der Waals surface area contributed by atoms with E-state index in [0.29, 0.717) is 0 Å². The molecule has 1 aliphatic rings. The van der Waals surface area contributed by atoms with Crippen molar-refractivity contribution in [3.05, 3.63) is 33.6 Å².